The predicted octanol–water partition coefficient (Wildman–Crippen LogP) is 1.83. The second kappa shape index (κ2) is 8.28. The summed E-state index contributed by atoms with van der Waals surface area (Å²) >= 11 is 0. The van der Waals surface area contributed by atoms with Gasteiger partial charge in [-0.25, -0.2) is 4.57 Å². The highest BCUT2D eigenvalue weighted by Gasteiger charge is 2.12. The standard InChI is InChI=1S/C19H24N5O/c1-23-12-8-17(9-13-23)15-25-18-6-4-16(5-7-18)14-21-22-19(20)24-10-2-3-11-24/h4-9,12-14H,2-3,10-11,15H2,1H3,(H2,20,22)/q+1/b21-14+. The number of guanidine groups is 1. The van der Waals surface area contributed by atoms with Gasteiger partial charge in [-0.05, 0) is 42.7 Å². The van der Waals surface area contributed by atoms with E-state index in [1.54, 1.807) is 6.21 Å². The first-order valence-electron chi connectivity index (χ1n) is 8.49. The third-order valence-corrected chi connectivity index (χ3v) is 4.13. The summed E-state index contributed by atoms with van der Waals surface area (Å²) in [6.07, 6.45) is 8.05. The fraction of sp³-hybridized carbons (Fsp3) is 0.316. The molecule has 6 heteroatoms. The Morgan fingerprint density at radius 2 is 1.84 bits per heavy atom. The Labute approximate surface area is 148 Å². The van der Waals surface area contributed by atoms with Crippen LogP contribution in [0.4, 0.5) is 0 Å². The van der Waals surface area contributed by atoms with Gasteiger partial charge in [0.2, 0.25) is 5.96 Å². The molecule has 0 unspecified atom stereocenters. The molecule has 1 aliphatic heterocycles. The average Bonchev–Trinajstić information content (AvgIpc) is 3.17. The molecule has 2 heterocycles. The minimum Gasteiger partial charge on any atom is -0.489 e. The van der Waals surface area contributed by atoms with E-state index in [0.29, 0.717) is 12.6 Å². The first-order valence-corrected chi connectivity index (χ1v) is 8.49. The smallest absolute Gasteiger partial charge is 0.216 e. The first kappa shape index (κ1) is 17.0. The van der Waals surface area contributed by atoms with Crippen molar-refractivity contribution in [2.24, 2.45) is 23.0 Å². The van der Waals surface area contributed by atoms with Crippen molar-refractivity contribution in [3.63, 3.8) is 0 Å². The van der Waals surface area contributed by atoms with Crippen LogP contribution < -0.4 is 15.0 Å². The molecule has 2 aromatic rings. The Hall–Kier alpha value is -2.89. The number of ether oxygens (including phenoxy) is 1. The van der Waals surface area contributed by atoms with Crippen LogP contribution in [0, 0.1) is 0 Å². The fourth-order valence-corrected chi connectivity index (χ4v) is 2.61. The molecule has 6 nitrogen and oxygen atoms in total. The van der Waals surface area contributed by atoms with Crippen molar-refractivity contribution in [1.82, 2.24) is 4.90 Å². The van der Waals surface area contributed by atoms with Gasteiger partial charge in [0.05, 0.1) is 6.21 Å². The maximum Gasteiger partial charge on any atom is 0.216 e. The van der Waals surface area contributed by atoms with Gasteiger partial charge in [0, 0.05) is 30.8 Å². The topological polar surface area (TPSA) is 67.1 Å². The summed E-state index contributed by atoms with van der Waals surface area (Å²) in [5.74, 6) is 1.32. The Morgan fingerprint density at radius 1 is 1.16 bits per heavy atom. The van der Waals surface area contributed by atoms with Gasteiger partial charge in [0.15, 0.2) is 12.4 Å². The van der Waals surface area contributed by atoms with E-state index in [0.717, 1.165) is 30.0 Å². The zero-order valence-electron chi connectivity index (χ0n) is 14.5. The van der Waals surface area contributed by atoms with Gasteiger partial charge in [-0.1, -0.05) is 0 Å². The Balaban J connectivity index is 1.52. The van der Waals surface area contributed by atoms with Gasteiger partial charge >= 0.3 is 0 Å². The van der Waals surface area contributed by atoms with E-state index >= 15 is 0 Å². The summed E-state index contributed by atoms with van der Waals surface area (Å²) in [5.41, 5.74) is 8.00. The third-order valence-electron chi connectivity index (χ3n) is 4.13. The second-order valence-corrected chi connectivity index (χ2v) is 6.13. The van der Waals surface area contributed by atoms with Gasteiger partial charge in [-0.2, -0.15) is 5.10 Å². The molecule has 3 rings (SSSR count). The lowest BCUT2D eigenvalue weighted by molar-refractivity contribution is -0.671. The molecule has 2 N–H and O–H groups in total. The van der Waals surface area contributed by atoms with Gasteiger partial charge in [-0.15, -0.1) is 5.10 Å². The summed E-state index contributed by atoms with van der Waals surface area (Å²) < 4.78 is 7.79. The van der Waals surface area contributed by atoms with Crippen LogP contribution in [-0.2, 0) is 13.7 Å². The summed E-state index contributed by atoms with van der Waals surface area (Å²) in [5, 5.41) is 8.13. The summed E-state index contributed by atoms with van der Waals surface area (Å²) in [7, 11) is 1.99. The van der Waals surface area contributed by atoms with Crippen LogP contribution in [0.15, 0.2) is 59.0 Å². The molecule has 0 amide bonds. The quantitative estimate of drug-likeness (QED) is 0.391. The number of rotatable bonds is 5. The number of aromatic nitrogens is 1. The maximum absolute atomic E-state index is 5.91. The van der Waals surface area contributed by atoms with E-state index in [2.05, 4.69) is 15.1 Å². The summed E-state index contributed by atoms with van der Waals surface area (Å²) in [6.45, 7) is 2.48. The van der Waals surface area contributed by atoms with Gasteiger partial charge in [-0.3, -0.25) is 0 Å². The van der Waals surface area contributed by atoms with E-state index in [1.165, 1.54) is 12.8 Å². The number of pyridine rings is 1. The average molecular weight is 338 g/mol. The Morgan fingerprint density at radius 3 is 2.52 bits per heavy atom. The maximum atomic E-state index is 5.91. The van der Waals surface area contributed by atoms with Crippen LogP contribution >= 0.6 is 0 Å². The van der Waals surface area contributed by atoms with Crippen molar-refractivity contribution in [1.29, 1.82) is 0 Å². The van der Waals surface area contributed by atoms with Crippen molar-refractivity contribution in [2.45, 2.75) is 19.4 Å². The van der Waals surface area contributed by atoms with Crippen LogP contribution in [0.1, 0.15) is 24.0 Å². The zero-order valence-corrected chi connectivity index (χ0v) is 14.5. The molecular weight excluding hydrogens is 314 g/mol. The molecule has 1 aromatic carbocycles. The molecule has 1 saturated heterocycles. The molecule has 0 atom stereocenters. The lowest BCUT2D eigenvalue weighted by Crippen LogP contribution is -2.34. The molecule has 1 aliphatic rings. The van der Waals surface area contributed by atoms with E-state index in [4.69, 9.17) is 10.5 Å². The second-order valence-electron chi connectivity index (χ2n) is 6.13. The van der Waals surface area contributed by atoms with E-state index in [-0.39, 0.29) is 0 Å². The minimum atomic E-state index is 0.491. The Bertz CT molecular complexity index is 731. The summed E-state index contributed by atoms with van der Waals surface area (Å²) in [6, 6.07) is 11.8. The lowest BCUT2D eigenvalue weighted by Gasteiger charge is -2.13. The van der Waals surface area contributed by atoms with E-state index in [9.17, 15) is 0 Å². The SMILES string of the molecule is C[n+]1ccc(COc2ccc(/C=N/N=C(N)N3CCCC3)cc2)cc1. The van der Waals surface area contributed by atoms with E-state index < -0.39 is 0 Å². The first-order chi connectivity index (χ1) is 12.2. The normalized spacial score (nSPS) is 15.1. The van der Waals surface area contributed by atoms with Crippen LogP contribution in [0.3, 0.4) is 0 Å². The zero-order chi connectivity index (χ0) is 17.5. The van der Waals surface area contributed by atoms with Crippen molar-refractivity contribution >= 4 is 12.2 Å². The molecule has 0 aliphatic carbocycles. The highest BCUT2D eigenvalue weighted by molar-refractivity contribution is 5.82. The molecular formula is C19H24N5O+. The number of likely N-dealkylation sites (tertiary alicyclic amines) is 1. The van der Waals surface area contributed by atoms with Crippen molar-refractivity contribution in [2.75, 3.05) is 13.1 Å². The largest absolute Gasteiger partial charge is 0.489 e. The Kier molecular flexibility index (Phi) is 5.61. The third kappa shape index (κ3) is 5.04. The van der Waals surface area contributed by atoms with Crippen LogP contribution in [0.5, 0.6) is 5.75 Å². The van der Waals surface area contributed by atoms with Gasteiger partial charge < -0.3 is 15.4 Å². The summed E-state index contributed by atoms with van der Waals surface area (Å²) in [4.78, 5) is 2.05. The minimum absolute atomic E-state index is 0.491. The number of aryl methyl sites for hydroxylation is 1. The van der Waals surface area contributed by atoms with Crippen molar-refractivity contribution in [3.8, 4) is 5.75 Å². The predicted molar refractivity (Wildman–Crippen MR) is 98.4 cm³/mol. The molecule has 0 saturated carbocycles. The number of benzene rings is 1. The van der Waals surface area contributed by atoms with Crippen LogP contribution in [-0.4, -0.2) is 30.2 Å². The number of hydrogen-bond donors (Lipinski definition) is 1. The molecule has 0 bridgehead atoms. The number of hydrogen-bond acceptors (Lipinski definition) is 3. The monoisotopic (exact) mass is 338 g/mol. The molecule has 1 aromatic heterocycles. The van der Waals surface area contributed by atoms with Gasteiger partial charge in [0.1, 0.15) is 19.4 Å². The van der Waals surface area contributed by atoms with Crippen molar-refractivity contribution < 1.29 is 9.30 Å². The van der Waals surface area contributed by atoms with E-state index in [1.807, 2.05) is 60.4 Å². The molecule has 25 heavy (non-hydrogen) atoms. The van der Waals surface area contributed by atoms with Crippen molar-refractivity contribution in [3.05, 3.63) is 59.9 Å². The molecule has 0 radical (unpaired) electrons. The highest BCUT2D eigenvalue weighted by Crippen LogP contribution is 2.13. The highest BCUT2D eigenvalue weighted by atomic mass is 16.5. The lowest BCUT2D eigenvalue weighted by atomic mass is 10.2. The number of nitrogens with two attached hydrogens (primary N) is 1. The van der Waals surface area contributed by atoms with Crippen LogP contribution in [0.25, 0.3) is 0 Å². The number of nitrogens with zero attached hydrogens (tertiary/aromatic N) is 4. The van der Waals surface area contributed by atoms with Crippen LogP contribution in [0.2, 0.25) is 0 Å². The fourth-order valence-electron chi connectivity index (χ4n) is 2.61. The van der Waals surface area contributed by atoms with Gasteiger partial charge in [0.25, 0.3) is 0 Å². The molecule has 1 fully saturated rings. The molecule has 0 spiro atoms. The molecule has 130 valence electrons.